The second-order valence-electron chi connectivity index (χ2n) is 9.55. The summed E-state index contributed by atoms with van der Waals surface area (Å²) in [5, 5.41) is 12.0. The summed E-state index contributed by atoms with van der Waals surface area (Å²) in [6, 6.07) is 25.1. The summed E-state index contributed by atoms with van der Waals surface area (Å²) in [6.45, 7) is 5.56. The van der Waals surface area contributed by atoms with E-state index in [-0.39, 0.29) is 19.6 Å². The van der Waals surface area contributed by atoms with Crippen LogP contribution in [0.15, 0.2) is 78.9 Å². The molecule has 0 aliphatic rings. The number of alkyl carbamates (subject to hydrolysis) is 1. The highest BCUT2D eigenvalue weighted by Crippen LogP contribution is 2.29. The monoisotopic (exact) mass is 516 g/mol. The Morgan fingerprint density at radius 2 is 1.50 bits per heavy atom. The molecule has 3 aromatic rings. The van der Waals surface area contributed by atoms with Crippen molar-refractivity contribution in [2.24, 2.45) is 0 Å². The molecule has 0 bridgehead atoms. The van der Waals surface area contributed by atoms with Crippen LogP contribution in [-0.4, -0.2) is 30.3 Å². The van der Waals surface area contributed by atoms with Gasteiger partial charge in [-0.05, 0) is 44.0 Å². The van der Waals surface area contributed by atoms with Crippen LogP contribution in [0.1, 0.15) is 43.9 Å². The summed E-state index contributed by atoms with van der Waals surface area (Å²) in [7, 11) is 0. The lowest BCUT2D eigenvalue weighted by molar-refractivity contribution is -0.145. The van der Waals surface area contributed by atoms with Crippen LogP contribution in [0.2, 0.25) is 0 Å². The molecule has 0 unspecified atom stereocenters. The maximum Gasteiger partial charge on any atom is 0.408 e. The molecule has 3 rings (SSSR count). The summed E-state index contributed by atoms with van der Waals surface area (Å²) in [4.78, 5) is 25.1. The van der Waals surface area contributed by atoms with Gasteiger partial charge in [-0.25, -0.2) is 4.79 Å². The number of amides is 1. The highest BCUT2D eigenvalue weighted by Gasteiger charge is 2.23. The van der Waals surface area contributed by atoms with Crippen molar-refractivity contribution in [2.75, 3.05) is 6.61 Å². The highest BCUT2D eigenvalue weighted by atomic mass is 16.6. The molecule has 1 N–H and O–H groups in total. The van der Waals surface area contributed by atoms with E-state index < -0.39 is 23.7 Å². The van der Waals surface area contributed by atoms with E-state index in [0.29, 0.717) is 23.7 Å². The van der Waals surface area contributed by atoms with Crippen LogP contribution in [0.4, 0.5) is 4.79 Å². The third-order valence-electron chi connectivity index (χ3n) is 5.13. The number of hydrogen-bond donors (Lipinski definition) is 1. The van der Waals surface area contributed by atoms with E-state index in [1.807, 2.05) is 60.7 Å². The predicted octanol–water partition coefficient (Wildman–Crippen LogP) is 5.54. The van der Waals surface area contributed by atoms with Crippen LogP contribution in [0.3, 0.4) is 0 Å². The second kappa shape index (κ2) is 13.7. The average Bonchev–Trinajstić information content (AvgIpc) is 2.89. The highest BCUT2D eigenvalue weighted by molar-refractivity contribution is 5.73. The maximum atomic E-state index is 12.6. The summed E-state index contributed by atoms with van der Waals surface area (Å²) in [5.41, 5.74) is 1.48. The largest absolute Gasteiger partial charge is 0.487 e. The average molecular weight is 517 g/mol. The summed E-state index contributed by atoms with van der Waals surface area (Å²) in [5.74, 6) is 0.231. The van der Waals surface area contributed by atoms with E-state index >= 15 is 0 Å². The summed E-state index contributed by atoms with van der Waals surface area (Å²) in [6.07, 6.45) is -0.835. The van der Waals surface area contributed by atoms with Crippen molar-refractivity contribution in [3.8, 4) is 17.6 Å². The number of ether oxygens (including phenoxy) is 4. The lowest BCUT2D eigenvalue weighted by Gasteiger charge is -2.24. The first kappa shape index (κ1) is 28.1. The van der Waals surface area contributed by atoms with E-state index in [4.69, 9.17) is 18.9 Å². The Hall–Kier alpha value is -4.51. The van der Waals surface area contributed by atoms with Crippen molar-refractivity contribution in [1.82, 2.24) is 5.32 Å². The Morgan fingerprint density at radius 3 is 2.11 bits per heavy atom. The molecule has 0 aliphatic carbocycles. The quantitative estimate of drug-likeness (QED) is 0.333. The van der Waals surface area contributed by atoms with Crippen LogP contribution in [-0.2, 0) is 27.5 Å². The number of nitriles is 1. The minimum absolute atomic E-state index is 0.0870. The molecule has 0 spiro atoms. The molecular weight excluding hydrogens is 484 g/mol. The van der Waals surface area contributed by atoms with Crippen LogP contribution >= 0.6 is 0 Å². The van der Waals surface area contributed by atoms with E-state index in [9.17, 15) is 14.9 Å². The van der Waals surface area contributed by atoms with Crippen molar-refractivity contribution in [3.05, 3.63) is 95.6 Å². The Bertz CT molecular complexity index is 1230. The van der Waals surface area contributed by atoms with Gasteiger partial charge in [0.25, 0.3) is 0 Å². The van der Waals surface area contributed by atoms with Gasteiger partial charge in [-0.3, -0.25) is 4.79 Å². The fourth-order valence-corrected chi connectivity index (χ4v) is 3.36. The van der Waals surface area contributed by atoms with E-state index in [2.05, 4.69) is 11.4 Å². The Kier molecular flexibility index (Phi) is 10.1. The number of nitrogens with zero attached hydrogens (tertiary/aromatic N) is 1. The standard InChI is InChI=1S/C30H32N2O6/c1-30(2,3)38-29(34)32-25(17-28(33)37-20-23-12-8-5-9-13-23)21-36-27-16-24(18-31)14-15-26(27)35-19-22-10-6-4-7-11-22/h4-16,25H,17,19-21H2,1-3H3,(H,32,34)/t25-/m1/s1. The zero-order valence-electron chi connectivity index (χ0n) is 21.8. The number of rotatable bonds is 11. The van der Waals surface area contributed by atoms with Crippen LogP contribution in [0, 0.1) is 11.3 Å². The molecule has 0 saturated carbocycles. The Morgan fingerprint density at radius 1 is 0.868 bits per heavy atom. The van der Waals surface area contributed by atoms with Crippen molar-refractivity contribution in [1.29, 1.82) is 5.26 Å². The van der Waals surface area contributed by atoms with Gasteiger partial charge in [0.1, 0.15) is 25.4 Å². The van der Waals surface area contributed by atoms with Gasteiger partial charge in [-0.1, -0.05) is 60.7 Å². The third kappa shape index (κ3) is 9.86. The normalized spacial score (nSPS) is 11.5. The summed E-state index contributed by atoms with van der Waals surface area (Å²) >= 11 is 0. The molecule has 1 amide bonds. The van der Waals surface area contributed by atoms with Gasteiger partial charge in [-0.2, -0.15) is 5.26 Å². The van der Waals surface area contributed by atoms with E-state index in [1.54, 1.807) is 39.0 Å². The van der Waals surface area contributed by atoms with Gasteiger partial charge in [-0.15, -0.1) is 0 Å². The van der Waals surface area contributed by atoms with Crippen molar-refractivity contribution < 1.29 is 28.5 Å². The van der Waals surface area contributed by atoms with Crippen molar-refractivity contribution in [3.63, 3.8) is 0 Å². The molecule has 0 heterocycles. The summed E-state index contributed by atoms with van der Waals surface area (Å²) < 4.78 is 22.6. The predicted molar refractivity (Wildman–Crippen MR) is 141 cm³/mol. The molecule has 198 valence electrons. The molecule has 0 radical (unpaired) electrons. The lowest BCUT2D eigenvalue weighted by Crippen LogP contribution is -2.43. The van der Waals surface area contributed by atoms with Gasteiger partial charge in [0.15, 0.2) is 11.5 Å². The smallest absolute Gasteiger partial charge is 0.408 e. The van der Waals surface area contributed by atoms with Gasteiger partial charge < -0.3 is 24.3 Å². The van der Waals surface area contributed by atoms with Crippen molar-refractivity contribution >= 4 is 12.1 Å². The number of carbonyl (C=O) groups excluding carboxylic acids is 2. The fourth-order valence-electron chi connectivity index (χ4n) is 3.36. The number of esters is 1. The molecule has 3 aromatic carbocycles. The minimum Gasteiger partial charge on any atom is -0.487 e. The molecule has 0 fully saturated rings. The van der Waals surface area contributed by atoms with Crippen LogP contribution in [0.25, 0.3) is 0 Å². The molecule has 8 nitrogen and oxygen atoms in total. The zero-order chi connectivity index (χ0) is 27.4. The number of carbonyl (C=O) groups is 2. The zero-order valence-corrected chi connectivity index (χ0v) is 21.8. The van der Waals surface area contributed by atoms with E-state index in [1.165, 1.54) is 0 Å². The molecule has 0 aromatic heterocycles. The first-order valence-corrected chi connectivity index (χ1v) is 12.2. The molecular formula is C30H32N2O6. The lowest BCUT2D eigenvalue weighted by atomic mass is 10.2. The SMILES string of the molecule is CC(C)(C)OC(=O)N[C@@H](COc1cc(C#N)ccc1OCc1ccccc1)CC(=O)OCc1ccccc1. The van der Waals surface area contributed by atoms with Crippen molar-refractivity contribution in [2.45, 2.75) is 52.0 Å². The number of nitrogens with one attached hydrogen (secondary N) is 1. The number of benzene rings is 3. The maximum absolute atomic E-state index is 12.6. The van der Waals surface area contributed by atoms with Gasteiger partial charge >= 0.3 is 12.1 Å². The third-order valence-corrected chi connectivity index (χ3v) is 5.13. The first-order chi connectivity index (χ1) is 18.2. The minimum atomic E-state index is -0.763. The van der Waals surface area contributed by atoms with Gasteiger partial charge in [0.05, 0.1) is 24.1 Å². The Labute approximate surface area is 223 Å². The molecule has 38 heavy (non-hydrogen) atoms. The van der Waals surface area contributed by atoms with Crippen LogP contribution in [0.5, 0.6) is 11.5 Å². The van der Waals surface area contributed by atoms with E-state index in [0.717, 1.165) is 11.1 Å². The van der Waals surface area contributed by atoms with Gasteiger partial charge in [0.2, 0.25) is 0 Å². The van der Waals surface area contributed by atoms with Crippen LogP contribution < -0.4 is 14.8 Å². The molecule has 0 saturated heterocycles. The first-order valence-electron chi connectivity index (χ1n) is 12.2. The molecule has 1 atom stereocenters. The molecule has 0 aliphatic heterocycles. The topological polar surface area (TPSA) is 107 Å². The molecule has 8 heteroatoms. The Balaban J connectivity index is 1.69. The fraction of sp³-hybridized carbons (Fsp3) is 0.300. The van der Waals surface area contributed by atoms with Gasteiger partial charge in [0, 0.05) is 6.07 Å². The number of hydrogen-bond acceptors (Lipinski definition) is 7. The second-order valence-corrected chi connectivity index (χ2v) is 9.55.